The number of hydrogen-bond donors (Lipinski definition) is 0. The second kappa shape index (κ2) is 8.79. The summed E-state index contributed by atoms with van der Waals surface area (Å²) in [4.78, 5) is 30.0. The van der Waals surface area contributed by atoms with Gasteiger partial charge in [-0.1, -0.05) is 70.5 Å². The molecule has 0 unspecified atom stereocenters. The lowest BCUT2D eigenvalue weighted by Crippen LogP contribution is -2.37. The average Bonchev–Trinajstić information content (AvgIpc) is 3.20. The molecule has 0 fully saturated rings. The van der Waals surface area contributed by atoms with Crippen molar-refractivity contribution in [2.45, 2.75) is 6.54 Å². The van der Waals surface area contributed by atoms with Crippen LogP contribution < -0.4 is 16.0 Å². The molecule has 0 bridgehead atoms. The molecule has 5 rings (SSSR count). The number of nitrogens with zero attached hydrogens (tertiary/aromatic N) is 4. The highest BCUT2D eigenvalue weighted by atomic mass is 79.9. The maximum absolute atomic E-state index is 12.8. The Bertz CT molecular complexity index is 1620. The van der Waals surface area contributed by atoms with Gasteiger partial charge in [0.2, 0.25) is 0 Å². The van der Waals surface area contributed by atoms with Crippen molar-refractivity contribution in [3.63, 3.8) is 0 Å². The number of fused-ring (bicyclic) bond motifs is 1. The molecule has 0 aliphatic carbocycles. The Morgan fingerprint density at radius 2 is 1.56 bits per heavy atom. The average molecular weight is 517 g/mol. The van der Waals surface area contributed by atoms with Crippen LogP contribution in [0.5, 0.6) is 11.8 Å². The summed E-state index contributed by atoms with van der Waals surface area (Å²) >= 11 is 3.50. The van der Waals surface area contributed by atoms with Crippen LogP contribution >= 0.6 is 15.9 Å². The second-order valence-electron chi connectivity index (χ2n) is 7.98. The summed E-state index contributed by atoms with van der Waals surface area (Å²) in [6.45, 7) is 0.369. The molecule has 170 valence electrons. The zero-order valence-electron chi connectivity index (χ0n) is 18.6. The summed E-state index contributed by atoms with van der Waals surface area (Å²) in [5, 5.41) is 0. The highest BCUT2D eigenvalue weighted by Crippen LogP contribution is 2.28. The largest absolute Gasteiger partial charge is 0.425 e. The van der Waals surface area contributed by atoms with Crippen molar-refractivity contribution in [2.24, 2.45) is 14.1 Å². The third-order valence-corrected chi connectivity index (χ3v) is 6.20. The van der Waals surface area contributed by atoms with Gasteiger partial charge in [-0.25, -0.2) is 4.79 Å². The van der Waals surface area contributed by atoms with Crippen LogP contribution in [-0.2, 0) is 20.6 Å². The summed E-state index contributed by atoms with van der Waals surface area (Å²) < 4.78 is 11.3. The zero-order valence-corrected chi connectivity index (χ0v) is 20.2. The van der Waals surface area contributed by atoms with Gasteiger partial charge in [0.05, 0.1) is 6.54 Å². The lowest BCUT2D eigenvalue weighted by atomic mass is 10.1. The van der Waals surface area contributed by atoms with Crippen molar-refractivity contribution in [2.75, 3.05) is 0 Å². The lowest BCUT2D eigenvalue weighted by molar-refractivity contribution is 0.420. The molecule has 3 aromatic carbocycles. The maximum Gasteiger partial charge on any atom is 0.332 e. The minimum Gasteiger partial charge on any atom is -0.425 e. The molecule has 2 aromatic heterocycles. The molecule has 7 nitrogen and oxygen atoms in total. The fraction of sp³-hybridized carbons (Fsp3) is 0.115. The van der Waals surface area contributed by atoms with Crippen LogP contribution in [-0.4, -0.2) is 18.7 Å². The molecule has 0 spiro atoms. The van der Waals surface area contributed by atoms with Gasteiger partial charge < -0.3 is 4.74 Å². The van der Waals surface area contributed by atoms with Gasteiger partial charge in [-0.3, -0.25) is 18.5 Å². The van der Waals surface area contributed by atoms with Crippen LogP contribution in [0, 0.1) is 0 Å². The van der Waals surface area contributed by atoms with Crippen molar-refractivity contribution < 1.29 is 4.74 Å². The number of ether oxygens (including phenoxy) is 1. The number of halogens is 1. The first kappa shape index (κ1) is 21.9. The number of rotatable bonds is 5. The summed E-state index contributed by atoms with van der Waals surface area (Å²) in [5.41, 5.74) is 2.83. The monoisotopic (exact) mass is 516 g/mol. The predicted molar refractivity (Wildman–Crippen MR) is 135 cm³/mol. The van der Waals surface area contributed by atoms with E-state index in [0.29, 0.717) is 17.9 Å². The van der Waals surface area contributed by atoms with Crippen molar-refractivity contribution in [3.05, 3.63) is 110 Å². The number of aromatic nitrogens is 4. The van der Waals surface area contributed by atoms with Crippen LogP contribution in [0.1, 0.15) is 5.56 Å². The Kier molecular flexibility index (Phi) is 5.67. The number of benzene rings is 3. The molecule has 5 aromatic rings. The van der Waals surface area contributed by atoms with E-state index in [4.69, 9.17) is 4.74 Å². The Hall–Kier alpha value is -3.91. The molecule has 0 aliphatic rings. The Morgan fingerprint density at radius 1 is 0.853 bits per heavy atom. The topological polar surface area (TPSA) is 71.1 Å². The maximum atomic E-state index is 12.8. The van der Waals surface area contributed by atoms with Crippen LogP contribution in [0.25, 0.3) is 22.3 Å². The van der Waals surface area contributed by atoms with Crippen LogP contribution in [0.2, 0.25) is 0 Å². The standard InChI is InChI=1S/C26H21BrN4O3/c1-29-23-22(24(32)30(2)26(29)33)28-25(31(23)16-17-7-6-10-20(27)15-17)34-21-13-11-19(12-14-21)18-8-4-3-5-9-18/h3-15H,16H2,1-2H3. The molecule has 34 heavy (non-hydrogen) atoms. The SMILES string of the molecule is Cn1c(=O)c2nc(Oc3ccc(-c4ccccc4)cc3)n(Cc3cccc(Br)c3)c2n(C)c1=O. The normalized spacial score (nSPS) is 11.1. The van der Waals surface area contributed by atoms with Gasteiger partial charge >= 0.3 is 11.7 Å². The van der Waals surface area contributed by atoms with Gasteiger partial charge in [0.1, 0.15) is 5.75 Å². The van der Waals surface area contributed by atoms with E-state index in [1.807, 2.05) is 78.9 Å². The van der Waals surface area contributed by atoms with Gasteiger partial charge in [-0.2, -0.15) is 4.98 Å². The third kappa shape index (κ3) is 3.97. The lowest BCUT2D eigenvalue weighted by Gasteiger charge is -2.12. The molecule has 0 amide bonds. The Morgan fingerprint density at radius 3 is 2.26 bits per heavy atom. The molecular formula is C26H21BrN4O3. The van der Waals surface area contributed by atoms with Crippen molar-refractivity contribution in [1.82, 2.24) is 18.7 Å². The fourth-order valence-electron chi connectivity index (χ4n) is 3.96. The van der Waals surface area contributed by atoms with E-state index in [9.17, 15) is 9.59 Å². The Balaban J connectivity index is 1.61. The molecule has 8 heteroatoms. The fourth-order valence-corrected chi connectivity index (χ4v) is 4.41. The summed E-state index contributed by atoms with van der Waals surface area (Å²) in [5.74, 6) is 0.576. The zero-order chi connectivity index (χ0) is 23.8. The molecule has 0 radical (unpaired) electrons. The minimum atomic E-state index is -0.463. The molecule has 2 heterocycles. The first-order chi connectivity index (χ1) is 16.4. The summed E-state index contributed by atoms with van der Waals surface area (Å²) in [7, 11) is 3.07. The third-order valence-electron chi connectivity index (χ3n) is 5.70. The molecule has 0 saturated heterocycles. The van der Waals surface area contributed by atoms with Gasteiger partial charge in [0.15, 0.2) is 11.2 Å². The molecule has 0 atom stereocenters. The number of aryl methyl sites for hydroxylation is 1. The number of imidazole rings is 1. The van der Waals surface area contributed by atoms with Gasteiger partial charge in [-0.15, -0.1) is 0 Å². The Labute approximate surface area is 203 Å². The van der Waals surface area contributed by atoms with E-state index in [-0.39, 0.29) is 11.5 Å². The number of hydrogen-bond acceptors (Lipinski definition) is 4. The van der Waals surface area contributed by atoms with Crippen molar-refractivity contribution in [1.29, 1.82) is 0 Å². The molecule has 0 N–H and O–H groups in total. The van der Waals surface area contributed by atoms with Gasteiger partial charge in [-0.05, 0) is 41.0 Å². The predicted octanol–water partition coefficient (Wildman–Crippen LogP) is 4.70. The quantitative estimate of drug-likeness (QED) is 0.339. The molecule has 0 aliphatic heterocycles. The second-order valence-corrected chi connectivity index (χ2v) is 8.90. The van der Waals surface area contributed by atoms with Crippen LogP contribution in [0.3, 0.4) is 0 Å². The molecular weight excluding hydrogens is 496 g/mol. The summed E-state index contributed by atoms with van der Waals surface area (Å²) in [6.07, 6.45) is 0. The van der Waals surface area contributed by atoms with E-state index in [1.165, 1.54) is 11.6 Å². The van der Waals surface area contributed by atoms with Crippen LogP contribution in [0.4, 0.5) is 0 Å². The highest BCUT2D eigenvalue weighted by molar-refractivity contribution is 9.10. The van der Waals surface area contributed by atoms with Crippen molar-refractivity contribution >= 4 is 27.1 Å². The molecule has 0 saturated carbocycles. The minimum absolute atomic E-state index is 0.176. The smallest absolute Gasteiger partial charge is 0.332 e. The first-order valence-corrected chi connectivity index (χ1v) is 11.5. The van der Waals surface area contributed by atoms with E-state index in [1.54, 1.807) is 11.6 Å². The first-order valence-electron chi connectivity index (χ1n) is 10.7. The summed E-state index contributed by atoms with van der Waals surface area (Å²) in [6, 6.07) is 25.8. The van der Waals surface area contributed by atoms with Gasteiger partial charge in [0, 0.05) is 18.6 Å². The highest BCUT2D eigenvalue weighted by Gasteiger charge is 2.21. The van der Waals surface area contributed by atoms with E-state index >= 15 is 0 Å². The van der Waals surface area contributed by atoms with E-state index in [0.717, 1.165) is 25.7 Å². The van der Waals surface area contributed by atoms with Crippen LogP contribution in [0.15, 0.2) is 92.9 Å². The van der Waals surface area contributed by atoms with Gasteiger partial charge in [0.25, 0.3) is 5.56 Å². The van der Waals surface area contributed by atoms with E-state index < -0.39 is 11.2 Å². The van der Waals surface area contributed by atoms with Crippen molar-refractivity contribution in [3.8, 4) is 22.9 Å². The van der Waals surface area contributed by atoms with E-state index in [2.05, 4.69) is 20.9 Å².